The zero-order valence-electron chi connectivity index (χ0n) is 14.2. The number of nitrogens with zero attached hydrogens (tertiary/aromatic N) is 2. The van der Waals surface area contributed by atoms with Crippen LogP contribution in [-0.2, 0) is 16.0 Å². The maximum Gasteiger partial charge on any atom is 0.409 e. The van der Waals surface area contributed by atoms with Crippen molar-refractivity contribution >= 4 is 22.9 Å². The lowest BCUT2D eigenvalue weighted by Gasteiger charge is -2.34. The Labute approximate surface area is 141 Å². The Hall–Kier alpha value is -2.50. The van der Waals surface area contributed by atoms with Crippen LogP contribution in [0.1, 0.15) is 18.2 Å². The van der Waals surface area contributed by atoms with Crippen molar-refractivity contribution in [3.05, 3.63) is 35.5 Å². The van der Waals surface area contributed by atoms with Gasteiger partial charge in [-0.2, -0.15) is 0 Å². The van der Waals surface area contributed by atoms with Gasteiger partial charge in [-0.05, 0) is 43.0 Å². The van der Waals surface area contributed by atoms with Gasteiger partial charge in [0.05, 0.1) is 13.0 Å². The number of piperazine rings is 1. The molecule has 2 aromatic rings. The van der Waals surface area contributed by atoms with Crippen molar-refractivity contribution in [2.75, 3.05) is 32.8 Å². The zero-order chi connectivity index (χ0) is 17.1. The van der Waals surface area contributed by atoms with E-state index >= 15 is 0 Å². The summed E-state index contributed by atoms with van der Waals surface area (Å²) in [6.45, 7) is 6.36. The van der Waals surface area contributed by atoms with Crippen molar-refractivity contribution < 1.29 is 14.3 Å². The molecule has 0 atom stereocenters. The molecule has 24 heavy (non-hydrogen) atoms. The highest BCUT2D eigenvalue weighted by molar-refractivity contribution is 5.84. The van der Waals surface area contributed by atoms with Gasteiger partial charge in [-0.3, -0.25) is 4.79 Å². The van der Waals surface area contributed by atoms with E-state index in [9.17, 15) is 9.59 Å². The highest BCUT2D eigenvalue weighted by Crippen LogP contribution is 2.18. The molecule has 1 aromatic carbocycles. The number of hydrogen-bond acceptors (Lipinski definition) is 3. The SMILES string of the molecule is CCOC(=O)N1CCN(C(=O)Cc2ccc3[nH]c(C)cc3c2)CC1. The Morgan fingerprint density at radius 2 is 1.83 bits per heavy atom. The van der Waals surface area contributed by atoms with Crippen molar-refractivity contribution in [2.24, 2.45) is 0 Å². The molecule has 2 heterocycles. The number of aromatic amines is 1. The number of ether oxygens (including phenoxy) is 1. The Balaban J connectivity index is 1.58. The second kappa shape index (κ2) is 6.95. The van der Waals surface area contributed by atoms with Crippen LogP contribution in [0.2, 0.25) is 0 Å². The van der Waals surface area contributed by atoms with Crippen LogP contribution >= 0.6 is 0 Å². The smallest absolute Gasteiger partial charge is 0.409 e. The molecule has 0 unspecified atom stereocenters. The Morgan fingerprint density at radius 3 is 2.54 bits per heavy atom. The topological polar surface area (TPSA) is 65.6 Å². The fourth-order valence-electron chi connectivity index (χ4n) is 3.08. The average Bonchev–Trinajstić information content (AvgIpc) is 2.94. The number of amides is 2. The van der Waals surface area contributed by atoms with Gasteiger partial charge in [0.15, 0.2) is 0 Å². The summed E-state index contributed by atoms with van der Waals surface area (Å²) in [5, 5.41) is 1.13. The second-order valence-corrected chi connectivity index (χ2v) is 6.12. The minimum absolute atomic E-state index is 0.102. The summed E-state index contributed by atoms with van der Waals surface area (Å²) in [7, 11) is 0. The number of H-pyrrole nitrogens is 1. The Morgan fingerprint density at radius 1 is 1.12 bits per heavy atom. The van der Waals surface area contributed by atoms with Gasteiger partial charge in [0.2, 0.25) is 5.91 Å². The molecule has 0 bridgehead atoms. The number of aromatic nitrogens is 1. The molecular formula is C18H23N3O3. The fourth-order valence-corrected chi connectivity index (χ4v) is 3.08. The van der Waals surface area contributed by atoms with Crippen LogP contribution in [-0.4, -0.2) is 59.6 Å². The summed E-state index contributed by atoms with van der Waals surface area (Å²) in [4.78, 5) is 30.9. The third-order valence-corrected chi connectivity index (χ3v) is 4.33. The summed E-state index contributed by atoms with van der Waals surface area (Å²) < 4.78 is 5.00. The number of carbonyl (C=O) groups is 2. The van der Waals surface area contributed by atoms with Gasteiger partial charge >= 0.3 is 6.09 Å². The van der Waals surface area contributed by atoms with E-state index < -0.39 is 0 Å². The number of carbonyl (C=O) groups excluding carboxylic acids is 2. The van der Waals surface area contributed by atoms with Crippen LogP contribution in [0.4, 0.5) is 4.79 Å². The van der Waals surface area contributed by atoms with Crippen molar-refractivity contribution in [1.82, 2.24) is 14.8 Å². The molecule has 6 heteroatoms. The minimum atomic E-state index is -0.294. The lowest BCUT2D eigenvalue weighted by Crippen LogP contribution is -2.51. The molecule has 3 rings (SSSR count). The van der Waals surface area contributed by atoms with E-state index in [1.165, 1.54) is 0 Å². The average molecular weight is 329 g/mol. The van der Waals surface area contributed by atoms with Gasteiger partial charge < -0.3 is 19.5 Å². The molecule has 0 aliphatic carbocycles. The number of hydrogen-bond donors (Lipinski definition) is 1. The maximum absolute atomic E-state index is 12.5. The molecule has 1 aliphatic rings. The van der Waals surface area contributed by atoms with Crippen LogP contribution < -0.4 is 0 Å². The van der Waals surface area contributed by atoms with Crippen LogP contribution in [0.3, 0.4) is 0 Å². The molecule has 1 saturated heterocycles. The molecule has 1 fully saturated rings. The van der Waals surface area contributed by atoms with E-state index in [-0.39, 0.29) is 12.0 Å². The number of rotatable bonds is 3. The molecule has 1 aromatic heterocycles. The van der Waals surface area contributed by atoms with Crippen LogP contribution in [0.5, 0.6) is 0 Å². The van der Waals surface area contributed by atoms with E-state index in [1.807, 2.05) is 24.0 Å². The first kappa shape index (κ1) is 16.4. The monoisotopic (exact) mass is 329 g/mol. The van der Waals surface area contributed by atoms with Crippen molar-refractivity contribution in [3.63, 3.8) is 0 Å². The number of aryl methyl sites for hydroxylation is 1. The number of fused-ring (bicyclic) bond motifs is 1. The lowest BCUT2D eigenvalue weighted by atomic mass is 10.1. The fraction of sp³-hybridized carbons (Fsp3) is 0.444. The summed E-state index contributed by atoms with van der Waals surface area (Å²) in [5.74, 6) is 0.102. The molecule has 0 spiro atoms. The van der Waals surface area contributed by atoms with Crippen LogP contribution in [0.15, 0.2) is 24.3 Å². The van der Waals surface area contributed by atoms with Crippen LogP contribution in [0, 0.1) is 6.92 Å². The summed E-state index contributed by atoms with van der Waals surface area (Å²) >= 11 is 0. The van der Waals surface area contributed by atoms with Crippen LogP contribution in [0.25, 0.3) is 10.9 Å². The van der Waals surface area contributed by atoms with E-state index in [4.69, 9.17) is 4.74 Å². The van der Waals surface area contributed by atoms with Gasteiger partial charge in [-0.1, -0.05) is 6.07 Å². The molecule has 0 saturated carbocycles. The first-order valence-electron chi connectivity index (χ1n) is 8.34. The van der Waals surface area contributed by atoms with E-state index in [1.54, 1.807) is 11.8 Å². The summed E-state index contributed by atoms with van der Waals surface area (Å²) in [6, 6.07) is 8.15. The molecule has 128 valence electrons. The van der Waals surface area contributed by atoms with Gasteiger partial charge in [-0.25, -0.2) is 4.79 Å². The molecular weight excluding hydrogens is 306 g/mol. The second-order valence-electron chi connectivity index (χ2n) is 6.12. The standard InChI is InChI=1S/C18H23N3O3/c1-3-24-18(23)21-8-6-20(7-9-21)17(22)12-14-4-5-16-15(11-14)10-13(2)19-16/h4-5,10-11,19H,3,6-9,12H2,1-2H3. The number of nitrogens with one attached hydrogen (secondary N) is 1. The van der Waals surface area contributed by atoms with Gasteiger partial charge in [-0.15, -0.1) is 0 Å². The highest BCUT2D eigenvalue weighted by atomic mass is 16.6. The molecule has 2 amide bonds. The molecule has 1 aliphatic heterocycles. The molecule has 1 N–H and O–H groups in total. The Kier molecular flexibility index (Phi) is 4.74. The summed E-state index contributed by atoms with van der Waals surface area (Å²) in [6.07, 6.45) is 0.0948. The normalized spacial score (nSPS) is 14.9. The lowest BCUT2D eigenvalue weighted by molar-refractivity contribution is -0.132. The molecule has 6 nitrogen and oxygen atoms in total. The molecule has 0 radical (unpaired) electrons. The first-order valence-corrected chi connectivity index (χ1v) is 8.34. The van der Waals surface area contributed by atoms with Gasteiger partial charge in [0.1, 0.15) is 0 Å². The maximum atomic E-state index is 12.5. The van der Waals surface area contributed by atoms with Crippen molar-refractivity contribution in [2.45, 2.75) is 20.3 Å². The van der Waals surface area contributed by atoms with Gasteiger partial charge in [0.25, 0.3) is 0 Å². The largest absolute Gasteiger partial charge is 0.450 e. The van der Waals surface area contributed by atoms with Crippen molar-refractivity contribution in [3.8, 4) is 0 Å². The minimum Gasteiger partial charge on any atom is -0.450 e. The van der Waals surface area contributed by atoms with E-state index in [2.05, 4.69) is 17.1 Å². The quantitative estimate of drug-likeness (QED) is 0.940. The number of benzene rings is 1. The Bertz CT molecular complexity index is 745. The summed E-state index contributed by atoms with van der Waals surface area (Å²) in [5.41, 5.74) is 3.22. The van der Waals surface area contributed by atoms with Gasteiger partial charge in [0, 0.05) is 37.4 Å². The third-order valence-electron chi connectivity index (χ3n) is 4.33. The highest BCUT2D eigenvalue weighted by Gasteiger charge is 2.24. The van der Waals surface area contributed by atoms with E-state index in [0.29, 0.717) is 39.2 Å². The predicted molar refractivity (Wildman–Crippen MR) is 91.9 cm³/mol. The zero-order valence-corrected chi connectivity index (χ0v) is 14.2. The third kappa shape index (κ3) is 3.53. The van der Waals surface area contributed by atoms with Crippen molar-refractivity contribution in [1.29, 1.82) is 0 Å². The predicted octanol–water partition coefficient (Wildman–Crippen LogP) is 2.32. The first-order chi connectivity index (χ1) is 11.6. The van der Waals surface area contributed by atoms with E-state index in [0.717, 1.165) is 22.2 Å².